The van der Waals surface area contributed by atoms with Crippen molar-refractivity contribution in [3.8, 4) is 5.75 Å². The van der Waals surface area contributed by atoms with Crippen LogP contribution >= 0.6 is 0 Å². The summed E-state index contributed by atoms with van der Waals surface area (Å²) in [6.45, 7) is 5.01. The summed E-state index contributed by atoms with van der Waals surface area (Å²) in [5.41, 5.74) is 2.49. The number of rotatable bonds is 7. The minimum absolute atomic E-state index is 0.144. The number of ether oxygens (including phenoxy) is 2. The molecule has 150 valence electrons. The number of hydrogen-bond acceptors (Lipinski definition) is 3. The van der Waals surface area contributed by atoms with Crippen molar-refractivity contribution in [2.75, 3.05) is 33.4 Å². The number of nitrogens with one attached hydrogen (secondary N) is 2. The lowest BCUT2D eigenvalue weighted by Gasteiger charge is -2.32. The Kier molecular flexibility index (Phi) is 7.73. The predicted molar refractivity (Wildman–Crippen MR) is 114 cm³/mol. The molecule has 2 unspecified atom stereocenters. The smallest absolute Gasteiger partial charge is 0.191 e. The molecule has 1 heterocycles. The second-order valence-corrected chi connectivity index (χ2v) is 7.15. The highest BCUT2D eigenvalue weighted by atomic mass is 16.5. The second kappa shape index (κ2) is 10.7. The van der Waals surface area contributed by atoms with Gasteiger partial charge in [0.15, 0.2) is 5.96 Å². The fourth-order valence-electron chi connectivity index (χ4n) is 3.48. The summed E-state index contributed by atoms with van der Waals surface area (Å²) in [4.78, 5) is 4.32. The van der Waals surface area contributed by atoms with Gasteiger partial charge in [0, 0.05) is 26.1 Å². The van der Waals surface area contributed by atoms with Crippen LogP contribution in [0.2, 0.25) is 0 Å². The van der Waals surface area contributed by atoms with E-state index in [2.05, 4.69) is 58.9 Å². The van der Waals surface area contributed by atoms with Gasteiger partial charge in [-0.1, -0.05) is 48.0 Å². The molecular formula is C23H31N3O2. The van der Waals surface area contributed by atoms with Gasteiger partial charge in [0.2, 0.25) is 0 Å². The molecule has 2 atom stereocenters. The molecule has 5 heteroatoms. The summed E-state index contributed by atoms with van der Waals surface area (Å²) in [6, 6.07) is 18.6. The van der Waals surface area contributed by atoms with E-state index in [0.717, 1.165) is 37.7 Å². The zero-order chi connectivity index (χ0) is 19.6. The summed E-state index contributed by atoms with van der Waals surface area (Å²) in [5, 5.41) is 6.77. The molecule has 0 amide bonds. The molecule has 0 bridgehead atoms. The summed E-state index contributed by atoms with van der Waals surface area (Å²) < 4.78 is 11.8. The highest BCUT2D eigenvalue weighted by Gasteiger charge is 2.27. The van der Waals surface area contributed by atoms with E-state index < -0.39 is 0 Å². The van der Waals surface area contributed by atoms with Crippen molar-refractivity contribution >= 4 is 5.96 Å². The van der Waals surface area contributed by atoms with E-state index in [1.54, 1.807) is 7.05 Å². The van der Waals surface area contributed by atoms with Gasteiger partial charge in [-0.3, -0.25) is 4.99 Å². The topological polar surface area (TPSA) is 54.9 Å². The van der Waals surface area contributed by atoms with Crippen LogP contribution in [0, 0.1) is 12.8 Å². The molecule has 2 N–H and O–H groups in total. The van der Waals surface area contributed by atoms with Crippen LogP contribution in [0.1, 0.15) is 30.1 Å². The first-order valence-corrected chi connectivity index (χ1v) is 10.1. The predicted octanol–water partition coefficient (Wildman–Crippen LogP) is 3.71. The SMILES string of the molecule is CN=C(NCCOc1ccc(C)cc1)NCC1CCCOC1c1ccccc1. The van der Waals surface area contributed by atoms with E-state index in [4.69, 9.17) is 9.47 Å². The van der Waals surface area contributed by atoms with E-state index in [0.29, 0.717) is 19.1 Å². The van der Waals surface area contributed by atoms with Gasteiger partial charge in [-0.2, -0.15) is 0 Å². The van der Waals surface area contributed by atoms with Gasteiger partial charge in [0.25, 0.3) is 0 Å². The molecule has 1 saturated heterocycles. The Hall–Kier alpha value is -2.53. The molecule has 2 aromatic rings. The Morgan fingerprint density at radius 1 is 1.11 bits per heavy atom. The van der Waals surface area contributed by atoms with Gasteiger partial charge < -0.3 is 20.1 Å². The minimum atomic E-state index is 0.144. The van der Waals surface area contributed by atoms with E-state index in [1.807, 2.05) is 18.2 Å². The Bertz CT molecular complexity index is 731. The van der Waals surface area contributed by atoms with Crippen molar-refractivity contribution in [1.82, 2.24) is 10.6 Å². The average Bonchev–Trinajstić information content (AvgIpc) is 2.75. The van der Waals surface area contributed by atoms with Crippen molar-refractivity contribution in [1.29, 1.82) is 0 Å². The van der Waals surface area contributed by atoms with E-state index in [9.17, 15) is 0 Å². The summed E-state index contributed by atoms with van der Waals surface area (Å²) in [5.74, 6) is 2.11. The second-order valence-electron chi connectivity index (χ2n) is 7.15. The van der Waals surface area contributed by atoms with Crippen LogP contribution in [-0.2, 0) is 4.74 Å². The molecule has 2 aromatic carbocycles. The number of benzene rings is 2. The van der Waals surface area contributed by atoms with Crippen LogP contribution < -0.4 is 15.4 Å². The van der Waals surface area contributed by atoms with E-state index in [-0.39, 0.29) is 6.10 Å². The first kappa shape index (κ1) is 20.2. The molecular weight excluding hydrogens is 350 g/mol. The zero-order valence-corrected chi connectivity index (χ0v) is 16.9. The van der Waals surface area contributed by atoms with Crippen LogP contribution in [0.4, 0.5) is 0 Å². The maximum Gasteiger partial charge on any atom is 0.191 e. The van der Waals surface area contributed by atoms with Crippen molar-refractivity contribution < 1.29 is 9.47 Å². The molecule has 5 nitrogen and oxygen atoms in total. The van der Waals surface area contributed by atoms with Crippen molar-refractivity contribution in [3.05, 3.63) is 65.7 Å². The molecule has 3 rings (SSSR count). The Morgan fingerprint density at radius 3 is 2.64 bits per heavy atom. The zero-order valence-electron chi connectivity index (χ0n) is 16.9. The molecule has 0 aliphatic carbocycles. The lowest BCUT2D eigenvalue weighted by Crippen LogP contribution is -2.43. The summed E-state index contributed by atoms with van der Waals surface area (Å²) in [6.07, 6.45) is 2.40. The van der Waals surface area contributed by atoms with Gasteiger partial charge >= 0.3 is 0 Å². The van der Waals surface area contributed by atoms with Crippen molar-refractivity contribution in [3.63, 3.8) is 0 Å². The van der Waals surface area contributed by atoms with Gasteiger partial charge in [0.05, 0.1) is 12.6 Å². The molecule has 0 spiro atoms. The van der Waals surface area contributed by atoms with Crippen LogP contribution in [0.15, 0.2) is 59.6 Å². The minimum Gasteiger partial charge on any atom is -0.492 e. The normalized spacial score (nSPS) is 19.9. The van der Waals surface area contributed by atoms with Crippen LogP contribution in [0.5, 0.6) is 5.75 Å². The standard InChI is InChI=1S/C23H31N3O2/c1-18-10-12-21(13-11-18)27-16-14-25-23(24-2)26-17-20-9-6-15-28-22(20)19-7-4-3-5-8-19/h3-5,7-8,10-13,20,22H,6,9,14-17H2,1-2H3,(H2,24,25,26). The van der Waals surface area contributed by atoms with Gasteiger partial charge in [0.1, 0.15) is 12.4 Å². The number of aryl methyl sites for hydroxylation is 1. The summed E-state index contributed by atoms with van der Waals surface area (Å²) in [7, 11) is 1.79. The largest absolute Gasteiger partial charge is 0.492 e. The van der Waals surface area contributed by atoms with Gasteiger partial charge in [-0.25, -0.2) is 0 Å². The molecule has 1 aliphatic heterocycles. The number of aliphatic imine (C=N–C) groups is 1. The molecule has 1 fully saturated rings. The summed E-state index contributed by atoms with van der Waals surface area (Å²) >= 11 is 0. The highest BCUT2D eigenvalue weighted by Crippen LogP contribution is 2.32. The first-order chi connectivity index (χ1) is 13.8. The lowest BCUT2D eigenvalue weighted by atomic mass is 9.89. The maximum absolute atomic E-state index is 6.08. The third kappa shape index (κ3) is 5.99. The highest BCUT2D eigenvalue weighted by molar-refractivity contribution is 5.79. The Labute approximate surface area is 168 Å². The third-order valence-electron chi connectivity index (χ3n) is 5.01. The fourth-order valence-corrected chi connectivity index (χ4v) is 3.48. The van der Waals surface area contributed by atoms with Crippen LogP contribution in [0.3, 0.4) is 0 Å². The number of guanidine groups is 1. The van der Waals surface area contributed by atoms with E-state index >= 15 is 0 Å². The first-order valence-electron chi connectivity index (χ1n) is 10.1. The number of nitrogens with zero attached hydrogens (tertiary/aromatic N) is 1. The third-order valence-corrected chi connectivity index (χ3v) is 5.01. The monoisotopic (exact) mass is 381 g/mol. The van der Waals surface area contributed by atoms with Gasteiger partial charge in [-0.05, 0) is 37.5 Å². The Balaban J connectivity index is 1.43. The van der Waals surface area contributed by atoms with Crippen molar-refractivity contribution in [2.24, 2.45) is 10.9 Å². The lowest BCUT2D eigenvalue weighted by molar-refractivity contribution is -0.0265. The average molecular weight is 382 g/mol. The van der Waals surface area contributed by atoms with Crippen LogP contribution in [0.25, 0.3) is 0 Å². The Morgan fingerprint density at radius 2 is 1.89 bits per heavy atom. The van der Waals surface area contributed by atoms with E-state index in [1.165, 1.54) is 11.1 Å². The van der Waals surface area contributed by atoms with Crippen LogP contribution in [-0.4, -0.2) is 39.3 Å². The van der Waals surface area contributed by atoms with Crippen molar-refractivity contribution in [2.45, 2.75) is 25.9 Å². The maximum atomic E-state index is 6.08. The molecule has 28 heavy (non-hydrogen) atoms. The molecule has 0 radical (unpaired) electrons. The molecule has 0 aromatic heterocycles. The molecule has 1 aliphatic rings. The number of hydrogen-bond donors (Lipinski definition) is 2. The van der Waals surface area contributed by atoms with Gasteiger partial charge in [-0.15, -0.1) is 0 Å². The fraction of sp³-hybridized carbons (Fsp3) is 0.435. The molecule has 0 saturated carbocycles. The quantitative estimate of drug-likeness (QED) is 0.436.